The SMILES string of the molecule is CC(C)C1(Sc2nc3ccccc3s2)N=NN=N1. The van der Waals surface area contributed by atoms with Crippen molar-refractivity contribution in [3.05, 3.63) is 24.3 Å². The lowest BCUT2D eigenvalue weighted by Gasteiger charge is -2.21. The molecule has 18 heavy (non-hydrogen) atoms. The van der Waals surface area contributed by atoms with Crippen LogP contribution in [0.2, 0.25) is 0 Å². The molecule has 2 heterocycles. The van der Waals surface area contributed by atoms with Crippen LogP contribution in [0.4, 0.5) is 0 Å². The van der Waals surface area contributed by atoms with Gasteiger partial charge in [0.25, 0.3) is 0 Å². The van der Waals surface area contributed by atoms with Crippen molar-refractivity contribution in [3.8, 4) is 0 Å². The van der Waals surface area contributed by atoms with Gasteiger partial charge in [0.05, 0.1) is 10.2 Å². The molecule has 1 aromatic heterocycles. The highest BCUT2D eigenvalue weighted by Gasteiger charge is 2.39. The van der Waals surface area contributed by atoms with Gasteiger partial charge in [-0.1, -0.05) is 26.0 Å². The van der Waals surface area contributed by atoms with E-state index < -0.39 is 4.99 Å². The number of aromatic nitrogens is 1. The molecular formula is C11H11N5S2. The van der Waals surface area contributed by atoms with Gasteiger partial charge >= 0.3 is 0 Å². The minimum atomic E-state index is -0.645. The lowest BCUT2D eigenvalue weighted by atomic mass is 10.2. The van der Waals surface area contributed by atoms with Crippen LogP contribution in [0.3, 0.4) is 0 Å². The smallest absolute Gasteiger partial charge is 0.229 e. The number of thioether (sulfide) groups is 1. The van der Waals surface area contributed by atoms with Crippen LogP contribution in [0.15, 0.2) is 49.3 Å². The summed E-state index contributed by atoms with van der Waals surface area (Å²) in [6.45, 7) is 4.12. The zero-order valence-corrected chi connectivity index (χ0v) is 11.6. The number of para-hydroxylation sites is 1. The summed E-state index contributed by atoms with van der Waals surface area (Å²) >= 11 is 3.17. The average Bonchev–Trinajstić information content (AvgIpc) is 2.95. The van der Waals surface area contributed by atoms with Crippen LogP contribution >= 0.6 is 23.1 Å². The number of fused-ring (bicyclic) bond motifs is 1. The van der Waals surface area contributed by atoms with Crippen molar-refractivity contribution < 1.29 is 0 Å². The molecule has 2 aromatic rings. The number of benzene rings is 1. The Morgan fingerprint density at radius 2 is 1.89 bits per heavy atom. The Hall–Kier alpha value is -1.34. The van der Waals surface area contributed by atoms with E-state index in [1.165, 1.54) is 16.5 Å². The predicted molar refractivity (Wildman–Crippen MR) is 72.8 cm³/mol. The highest BCUT2D eigenvalue weighted by molar-refractivity contribution is 8.02. The molecule has 7 heteroatoms. The summed E-state index contributed by atoms with van der Waals surface area (Å²) in [5.74, 6) is 0.213. The Morgan fingerprint density at radius 1 is 1.17 bits per heavy atom. The Morgan fingerprint density at radius 3 is 2.56 bits per heavy atom. The van der Waals surface area contributed by atoms with Gasteiger partial charge in [-0.05, 0) is 34.3 Å². The molecule has 0 radical (unpaired) electrons. The molecule has 0 bridgehead atoms. The van der Waals surface area contributed by atoms with Gasteiger partial charge in [-0.2, -0.15) is 0 Å². The second-order valence-corrected chi connectivity index (χ2v) is 6.72. The average molecular weight is 277 g/mol. The van der Waals surface area contributed by atoms with E-state index in [-0.39, 0.29) is 5.92 Å². The van der Waals surface area contributed by atoms with Gasteiger partial charge in [0.15, 0.2) is 4.34 Å². The standard InChI is InChI=1S/C11H11N5S2/c1-7(2)11(13-15-16-14-11)18-10-12-8-5-3-4-6-9(8)17-10/h3-7H,1-2H3. The maximum absolute atomic E-state index is 4.58. The van der Waals surface area contributed by atoms with Crippen molar-refractivity contribution in [1.29, 1.82) is 0 Å². The van der Waals surface area contributed by atoms with Crippen LogP contribution < -0.4 is 0 Å². The lowest BCUT2D eigenvalue weighted by Crippen LogP contribution is -2.23. The van der Waals surface area contributed by atoms with Crippen LogP contribution in [0, 0.1) is 5.92 Å². The summed E-state index contributed by atoms with van der Waals surface area (Å²) in [5, 5.41) is 15.6. The Bertz CT molecular complexity index is 586. The third-order valence-electron chi connectivity index (χ3n) is 2.68. The molecule has 0 spiro atoms. The molecule has 0 N–H and O–H groups in total. The Kier molecular flexibility index (Phi) is 2.87. The second-order valence-electron chi connectivity index (χ2n) is 4.24. The summed E-state index contributed by atoms with van der Waals surface area (Å²) in [6.07, 6.45) is 0. The minimum absolute atomic E-state index is 0.213. The van der Waals surface area contributed by atoms with E-state index in [9.17, 15) is 0 Å². The van der Waals surface area contributed by atoms with Gasteiger partial charge in [-0.25, -0.2) is 4.98 Å². The van der Waals surface area contributed by atoms with E-state index in [4.69, 9.17) is 0 Å². The van der Waals surface area contributed by atoms with E-state index >= 15 is 0 Å². The summed E-state index contributed by atoms with van der Waals surface area (Å²) in [5.41, 5.74) is 1.01. The van der Waals surface area contributed by atoms with E-state index in [2.05, 4.69) is 45.6 Å². The zero-order valence-electron chi connectivity index (χ0n) is 9.94. The summed E-state index contributed by atoms with van der Waals surface area (Å²) in [4.78, 5) is 3.94. The first kappa shape index (κ1) is 11.7. The summed E-state index contributed by atoms with van der Waals surface area (Å²) < 4.78 is 2.12. The van der Waals surface area contributed by atoms with E-state index in [0.717, 1.165) is 9.86 Å². The van der Waals surface area contributed by atoms with Crippen LogP contribution in [0.1, 0.15) is 13.8 Å². The maximum Gasteiger partial charge on any atom is 0.249 e. The first-order valence-electron chi connectivity index (χ1n) is 5.58. The second kappa shape index (κ2) is 4.40. The predicted octanol–water partition coefficient (Wildman–Crippen LogP) is 4.53. The molecule has 0 saturated heterocycles. The van der Waals surface area contributed by atoms with E-state index in [1.54, 1.807) is 11.3 Å². The van der Waals surface area contributed by atoms with Crippen molar-refractivity contribution in [2.75, 3.05) is 0 Å². The van der Waals surface area contributed by atoms with Crippen molar-refractivity contribution in [3.63, 3.8) is 0 Å². The van der Waals surface area contributed by atoms with Crippen molar-refractivity contribution in [1.82, 2.24) is 4.98 Å². The number of hydrogen-bond acceptors (Lipinski definition) is 7. The van der Waals surface area contributed by atoms with E-state index in [0.29, 0.717) is 0 Å². The highest BCUT2D eigenvalue weighted by atomic mass is 32.2. The summed E-state index contributed by atoms with van der Waals surface area (Å²) in [6, 6.07) is 8.08. The lowest BCUT2D eigenvalue weighted by molar-refractivity contribution is 0.461. The molecule has 92 valence electrons. The molecule has 3 rings (SSSR count). The molecular weight excluding hydrogens is 266 g/mol. The van der Waals surface area contributed by atoms with Crippen LogP contribution in [0.25, 0.3) is 10.2 Å². The zero-order chi connectivity index (χ0) is 12.6. The van der Waals surface area contributed by atoms with Crippen LogP contribution in [0.5, 0.6) is 0 Å². The molecule has 0 aliphatic carbocycles. The maximum atomic E-state index is 4.58. The fraction of sp³-hybridized carbons (Fsp3) is 0.364. The van der Waals surface area contributed by atoms with E-state index in [1.807, 2.05) is 18.2 Å². The van der Waals surface area contributed by atoms with Gasteiger partial charge in [0.2, 0.25) is 4.99 Å². The third-order valence-corrected chi connectivity index (χ3v) is 5.21. The Labute approximate surface area is 112 Å². The van der Waals surface area contributed by atoms with Gasteiger partial charge in [0, 0.05) is 5.92 Å². The molecule has 5 nitrogen and oxygen atoms in total. The van der Waals surface area contributed by atoms with Crippen LogP contribution in [-0.4, -0.2) is 9.98 Å². The van der Waals surface area contributed by atoms with Crippen molar-refractivity contribution in [2.24, 2.45) is 26.6 Å². The number of thiazole rings is 1. The monoisotopic (exact) mass is 277 g/mol. The van der Waals surface area contributed by atoms with Gasteiger partial charge in [-0.15, -0.1) is 21.6 Å². The third kappa shape index (κ3) is 1.93. The van der Waals surface area contributed by atoms with Crippen molar-refractivity contribution in [2.45, 2.75) is 23.2 Å². The molecule has 0 fully saturated rings. The largest absolute Gasteiger partial charge is 0.249 e. The topological polar surface area (TPSA) is 62.3 Å². The first-order chi connectivity index (χ1) is 8.70. The van der Waals surface area contributed by atoms with Gasteiger partial charge < -0.3 is 0 Å². The van der Waals surface area contributed by atoms with Crippen molar-refractivity contribution >= 4 is 33.3 Å². The fourth-order valence-electron chi connectivity index (χ4n) is 1.60. The van der Waals surface area contributed by atoms with Gasteiger partial charge in [-0.3, -0.25) is 0 Å². The molecule has 1 aliphatic rings. The highest BCUT2D eigenvalue weighted by Crippen LogP contribution is 2.45. The van der Waals surface area contributed by atoms with Gasteiger partial charge in [0.1, 0.15) is 0 Å². The molecule has 1 aromatic carbocycles. The number of nitrogens with zero attached hydrogens (tertiary/aromatic N) is 5. The molecule has 0 atom stereocenters. The minimum Gasteiger partial charge on any atom is -0.229 e. The normalized spacial score (nSPS) is 17.1. The van der Waals surface area contributed by atoms with Crippen LogP contribution in [-0.2, 0) is 0 Å². The first-order valence-corrected chi connectivity index (χ1v) is 7.21. The molecule has 0 saturated carbocycles. The number of hydrogen-bond donors (Lipinski definition) is 0. The Balaban J connectivity index is 1.96. The molecule has 0 amide bonds. The molecule has 0 unspecified atom stereocenters. The summed E-state index contributed by atoms with van der Waals surface area (Å²) in [7, 11) is 0. The number of rotatable bonds is 3. The fourth-order valence-corrected chi connectivity index (χ4v) is 3.89. The molecule has 1 aliphatic heterocycles. The quantitative estimate of drug-likeness (QED) is 0.827.